The van der Waals surface area contributed by atoms with Crippen LogP contribution in [0.25, 0.3) is 17.1 Å². The van der Waals surface area contributed by atoms with Gasteiger partial charge in [-0.3, -0.25) is 28.4 Å². The van der Waals surface area contributed by atoms with Gasteiger partial charge in [-0.15, -0.1) is 0 Å². The van der Waals surface area contributed by atoms with Gasteiger partial charge in [-0.2, -0.15) is 0 Å². The van der Waals surface area contributed by atoms with Crippen molar-refractivity contribution in [2.45, 2.75) is 19.8 Å². The number of ether oxygens (including phenoxy) is 1. The first-order chi connectivity index (χ1) is 13.3. The molecule has 2 aromatic rings. The predicted octanol–water partition coefficient (Wildman–Crippen LogP) is 2.26. The van der Waals surface area contributed by atoms with E-state index in [1.165, 1.54) is 9.13 Å². The van der Waals surface area contributed by atoms with Gasteiger partial charge in [0.1, 0.15) is 6.54 Å². The summed E-state index contributed by atoms with van der Waals surface area (Å²) in [5.74, 6) is -1.12. The fraction of sp³-hybridized carbons (Fsp3) is 0.368. The molecule has 9 heteroatoms. The van der Waals surface area contributed by atoms with Crippen LogP contribution in [0, 0.1) is 0 Å². The minimum Gasteiger partial charge on any atom is -0.464 e. The maximum Gasteiger partial charge on any atom is 0.328 e. The first-order valence-electron chi connectivity index (χ1n) is 8.90. The standard InChI is InChI=1S/C19H21N3O5S/c1-4-5-8-27-16(23)11-22-17(24)15(28-19(22)26)10-12-6-7-13-14(9-12)21(3)18(25)20(13)2/h6-7,9-10H,4-5,8,11H2,1-3H3/b15-10+. The lowest BCUT2D eigenvalue weighted by Crippen LogP contribution is -2.34. The molecule has 148 valence electrons. The van der Waals surface area contributed by atoms with Crippen molar-refractivity contribution in [3.8, 4) is 0 Å². The van der Waals surface area contributed by atoms with Gasteiger partial charge in [0.25, 0.3) is 11.1 Å². The highest BCUT2D eigenvalue weighted by molar-refractivity contribution is 8.18. The van der Waals surface area contributed by atoms with Gasteiger partial charge in [-0.05, 0) is 42.0 Å². The Morgan fingerprint density at radius 1 is 1.14 bits per heavy atom. The maximum atomic E-state index is 12.5. The van der Waals surface area contributed by atoms with Crippen molar-refractivity contribution >= 4 is 46.0 Å². The molecule has 3 rings (SSSR count). The second-order valence-electron chi connectivity index (χ2n) is 6.49. The van der Waals surface area contributed by atoms with E-state index in [9.17, 15) is 19.2 Å². The number of aryl methyl sites for hydroxylation is 2. The van der Waals surface area contributed by atoms with Crippen molar-refractivity contribution in [1.29, 1.82) is 0 Å². The number of benzene rings is 1. The molecular weight excluding hydrogens is 382 g/mol. The summed E-state index contributed by atoms with van der Waals surface area (Å²) in [6.45, 7) is 1.86. The molecule has 0 radical (unpaired) electrons. The third-order valence-corrected chi connectivity index (χ3v) is 5.42. The molecule has 1 aromatic carbocycles. The molecule has 28 heavy (non-hydrogen) atoms. The Kier molecular flexibility index (Phi) is 5.73. The fourth-order valence-electron chi connectivity index (χ4n) is 2.91. The number of amides is 2. The molecule has 0 atom stereocenters. The number of rotatable bonds is 6. The number of hydrogen-bond acceptors (Lipinski definition) is 6. The summed E-state index contributed by atoms with van der Waals surface area (Å²) in [5, 5.41) is -0.503. The number of esters is 1. The average Bonchev–Trinajstić information content (AvgIpc) is 3.05. The number of imide groups is 1. The zero-order valence-electron chi connectivity index (χ0n) is 15.9. The van der Waals surface area contributed by atoms with Gasteiger partial charge in [0.05, 0.1) is 22.5 Å². The molecule has 1 aliphatic heterocycles. The molecule has 0 aliphatic carbocycles. The molecule has 2 amide bonds. The topological polar surface area (TPSA) is 90.6 Å². The van der Waals surface area contributed by atoms with Crippen molar-refractivity contribution < 1.29 is 19.1 Å². The van der Waals surface area contributed by atoms with Crippen LogP contribution >= 0.6 is 11.8 Å². The van der Waals surface area contributed by atoms with Gasteiger partial charge >= 0.3 is 11.7 Å². The number of carbonyl (C=O) groups is 3. The molecule has 0 saturated carbocycles. The molecule has 8 nitrogen and oxygen atoms in total. The Bertz CT molecular complexity index is 1050. The summed E-state index contributed by atoms with van der Waals surface area (Å²) >= 11 is 0.782. The van der Waals surface area contributed by atoms with Crippen molar-refractivity contribution in [2.75, 3.05) is 13.2 Å². The number of imidazole rings is 1. The van der Waals surface area contributed by atoms with E-state index in [0.29, 0.717) is 5.56 Å². The lowest BCUT2D eigenvalue weighted by Gasteiger charge is -2.11. The average molecular weight is 403 g/mol. The predicted molar refractivity (Wildman–Crippen MR) is 107 cm³/mol. The van der Waals surface area contributed by atoms with Crippen molar-refractivity contribution in [1.82, 2.24) is 14.0 Å². The molecule has 0 spiro atoms. The molecular formula is C19H21N3O5S. The molecule has 0 N–H and O–H groups in total. The van der Waals surface area contributed by atoms with Gasteiger partial charge < -0.3 is 4.74 Å². The van der Waals surface area contributed by atoms with Crippen molar-refractivity contribution in [3.63, 3.8) is 0 Å². The highest BCUT2D eigenvalue weighted by atomic mass is 32.2. The summed E-state index contributed by atoms with van der Waals surface area (Å²) in [5.41, 5.74) is 2.03. The van der Waals surface area contributed by atoms with E-state index < -0.39 is 23.7 Å². The third kappa shape index (κ3) is 3.75. The Morgan fingerprint density at radius 2 is 1.86 bits per heavy atom. The Morgan fingerprint density at radius 3 is 2.57 bits per heavy atom. The largest absolute Gasteiger partial charge is 0.464 e. The quantitative estimate of drug-likeness (QED) is 0.417. The molecule has 1 saturated heterocycles. The van der Waals surface area contributed by atoms with Gasteiger partial charge in [-0.25, -0.2) is 4.79 Å². The van der Waals surface area contributed by atoms with Gasteiger partial charge in [0.2, 0.25) is 0 Å². The van der Waals surface area contributed by atoms with Crippen LogP contribution in [0.4, 0.5) is 4.79 Å². The molecule has 0 unspecified atom stereocenters. The molecule has 1 fully saturated rings. The van der Waals surface area contributed by atoms with Crippen LogP contribution in [0.3, 0.4) is 0 Å². The van der Waals surface area contributed by atoms with Crippen LogP contribution in [-0.2, 0) is 28.4 Å². The number of aromatic nitrogens is 2. The lowest BCUT2D eigenvalue weighted by atomic mass is 10.2. The van der Waals surface area contributed by atoms with E-state index in [0.717, 1.165) is 40.5 Å². The molecule has 1 aromatic heterocycles. The number of unbranched alkanes of at least 4 members (excludes halogenated alkanes) is 1. The van der Waals surface area contributed by atoms with Crippen LogP contribution in [-0.4, -0.2) is 44.3 Å². The van der Waals surface area contributed by atoms with E-state index in [-0.39, 0.29) is 17.2 Å². The minimum absolute atomic E-state index is 0.144. The summed E-state index contributed by atoms with van der Waals surface area (Å²) in [4.78, 5) is 49.6. The third-order valence-electron chi connectivity index (χ3n) is 4.52. The fourth-order valence-corrected chi connectivity index (χ4v) is 3.74. The first kappa shape index (κ1) is 19.9. The van der Waals surface area contributed by atoms with E-state index in [1.807, 2.05) is 6.92 Å². The SMILES string of the molecule is CCCCOC(=O)CN1C(=O)S/C(=C/c2ccc3c(c2)n(C)c(=O)n3C)C1=O. The van der Waals surface area contributed by atoms with Gasteiger partial charge in [0.15, 0.2) is 0 Å². The van der Waals surface area contributed by atoms with Crippen LogP contribution < -0.4 is 5.69 Å². The zero-order valence-corrected chi connectivity index (χ0v) is 16.7. The normalized spacial score (nSPS) is 15.8. The number of fused-ring (bicyclic) bond motifs is 1. The van der Waals surface area contributed by atoms with Gasteiger partial charge in [-0.1, -0.05) is 19.4 Å². The summed E-state index contributed by atoms with van der Waals surface area (Å²) in [6.07, 6.45) is 3.21. The number of thioether (sulfide) groups is 1. The van der Waals surface area contributed by atoms with E-state index in [1.54, 1.807) is 38.4 Å². The van der Waals surface area contributed by atoms with Crippen LogP contribution in [0.1, 0.15) is 25.3 Å². The van der Waals surface area contributed by atoms with Crippen molar-refractivity contribution in [3.05, 3.63) is 39.2 Å². The number of carbonyl (C=O) groups excluding carboxylic acids is 3. The minimum atomic E-state index is -0.599. The van der Waals surface area contributed by atoms with Gasteiger partial charge in [0, 0.05) is 14.1 Å². The van der Waals surface area contributed by atoms with E-state index in [4.69, 9.17) is 4.74 Å². The van der Waals surface area contributed by atoms with E-state index >= 15 is 0 Å². The highest BCUT2D eigenvalue weighted by Gasteiger charge is 2.36. The lowest BCUT2D eigenvalue weighted by molar-refractivity contribution is -0.146. The monoisotopic (exact) mass is 403 g/mol. The summed E-state index contributed by atoms with van der Waals surface area (Å²) < 4.78 is 8.08. The molecule has 1 aliphatic rings. The summed E-state index contributed by atoms with van der Waals surface area (Å²) in [7, 11) is 3.36. The Balaban J connectivity index is 1.80. The number of nitrogens with zero attached hydrogens (tertiary/aromatic N) is 3. The second-order valence-corrected chi connectivity index (χ2v) is 7.48. The molecule has 2 heterocycles. The van der Waals surface area contributed by atoms with Crippen LogP contribution in [0.15, 0.2) is 27.9 Å². The second kappa shape index (κ2) is 8.05. The van der Waals surface area contributed by atoms with Crippen LogP contribution in [0.2, 0.25) is 0 Å². The summed E-state index contributed by atoms with van der Waals surface area (Å²) in [6, 6.07) is 5.34. The Labute approximate surface area is 165 Å². The smallest absolute Gasteiger partial charge is 0.328 e. The highest BCUT2D eigenvalue weighted by Crippen LogP contribution is 2.32. The number of hydrogen-bond donors (Lipinski definition) is 0. The maximum absolute atomic E-state index is 12.5. The Hall–Kier alpha value is -2.81. The zero-order chi connectivity index (χ0) is 20.4. The first-order valence-corrected chi connectivity index (χ1v) is 9.71. The van der Waals surface area contributed by atoms with Crippen molar-refractivity contribution in [2.24, 2.45) is 14.1 Å². The van der Waals surface area contributed by atoms with Crippen LogP contribution in [0.5, 0.6) is 0 Å². The van der Waals surface area contributed by atoms with E-state index in [2.05, 4.69) is 0 Å². The molecule has 0 bridgehead atoms.